The Morgan fingerprint density at radius 1 is 0.723 bits per heavy atom. The molecule has 5 aromatic rings. The number of carbonyl (C=O) groups excluding carboxylic acids is 6. The minimum Gasteiger partial charge on any atom is -0.493 e. The molecular weight excluding hydrogens is 1130 g/mol. The number of fused-ring (bicyclic) bond motifs is 8. The summed E-state index contributed by atoms with van der Waals surface area (Å²) in [5, 5.41) is 2.86. The third-order valence-electron chi connectivity index (χ3n) is 16.1. The van der Waals surface area contributed by atoms with Gasteiger partial charge in [0.25, 0.3) is 11.8 Å². The van der Waals surface area contributed by atoms with Crippen LogP contribution in [-0.4, -0.2) is 101 Å². The number of aryl methyl sites for hydroxylation is 2. The van der Waals surface area contributed by atoms with Crippen LogP contribution < -0.4 is 29.3 Å². The average Bonchev–Trinajstić information content (AvgIpc) is 4.22. The molecule has 5 aliphatic rings. The second-order valence-electron chi connectivity index (χ2n) is 22.5. The topological polar surface area (TPSA) is 203 Å². The monoisotopic (exact) mass is 1200 g/mol. The van der Waals surface area contributed by atoms with E-state index in [1.807, 2.05) is 102 Å². The van der Waals surface area contributed by atoms with Gasteiger partial charge in [-0.05, 0) is 178 Å². The molecule has 16 nitrogen and oxygen atoms in total. The van der Waals surface area contributed by atoms with Crippen LogP contribution in [0.4, 0.5) is 17.1 Å². The molecule has 1 saturated heterocycles. The van der Waals surface area contributed by atoms with Gasteiger partial charge in [0, 0.05) is 83.0 Å². The lowest BCUT2D eigenvalue weighted by molar-refractivity contribution is -0.138. The fourth-order valence-corrected chi connectivity index (χ4v) is 15.2. The highest BCUT2D eigenvalue weighted by Gasteiger charge is 2.42. The Morgan fingerprint density at radius 3 is 2.04 bits per heavy atom. The first-order valence-corrected chi connectivity index (χ1v) is 32.7. The van der Waals surface area contributed by atoms with Crippen molar-refractivity contribution in [2.75, 3.05) is 40.8 Å². The first kappa shape index (κ1) is 61.0. The summed E-state index contributed by atoms with van der Waals surface area (Å²) in [7, 11) is 1.88. The van der Waals surface area contributed by atoms with E-state index in [0.29, 0.717) is 72.7 Å². The van der Waals surface area contributed by atoms with Crippen LogP contribution >= 0.6 is 33.3 Å². The summed E-state index contributed by atoms with van der Waals surface area (Å²) in [6.07, 6.45) is 8.96. The number of hydrogen-bond acceptors (Lipinski definition) is 15. The largest absolute Gasteiger partial charge is 0.493 e. The van der Waals surface area contributed by atoms with Crippen LogP contribution in [0, 0.1) is 12.8 Å². The maximum Gasteiger partial charge on any atom is 0.425 e. The molecule has 10 rings (SSSR count). The Kier molecular flexibility index (Phi) is 19.8. The Balaban J connectivity index is 0.00000201. The molecule has 0 radical (unpaired) electrons. The van der Waals surface area contributed by atoms with Crippen LogP contribution in [-0.2, 0) is 68.7 Å². The molecule has 0 aromatic heterocycles. The minimum absolute atomic E-state index is 0.0272. The lowest BCUT2D eigenvalue weighted by Crippen LogP contribution is -2.40. The highest BCUT2D eigenvalue weighted by atomic mass is 33.1. The molecule has 83 heavy (non-hydrogen) atoms. The van der Waals surface area contributed by atoms with Gasteiger partial charge in [0.1, 0.15) is 24.7 Å². The second kappa shape index (κ2) is 27.0. The predicted octanol–water partition coefficient (Wildman–Crippen LogP) is 10.9. The summed E-state index contributed by atoms with van der Waals surface area (Å²) in [4.78, 5) is 84.8. The average molecular weight is 1200 g/mol. The number of para-hydroxylation sites is 2. The summed E-state index contributed by atoms with van der Waals surface area (Å²) in [5.74, 6) is 2.36. The molecule has 438 valence electrons. The van der Waals surface area contributed by atoms with E-state index in [1.165, 1.54) is 27.8 Å². The Morgan fingerprint density at radius 2 is 1.35 bits per heavy atom. The number of ketones is 1. The molecule has 2 unspecified atom stereocenters. The number of Topliss-reactive ketones (excluding diaryl/α,β-unsaturated/α-hetero) is 1. The normalized spacial score (nSPS) is 18.6. The number of rotatable bonds is 22. The summed E-state index contributed by atoms with van der Waals surface area (Å²) >= 11 is 1.39. The van der Waals surface area contributed by atoms with E-state index in [9.17, 15) is 28.8 Å². The van der Waals surface area contributed by atoms with Gasteiger partial charge in [-0.1, -0.05) is 64.9 Å². The Labute approximate surface area is 499 Å². The van der Waals surface area contributed by atoms with Crippen molar-refractivity contribution in [1.29, 1.82) is 0 Å². The number of carbonyl (C=O) groups is 6. The van der Waals surface area contributed by atoms with Gasteiger partial charge in [0.05, 0.1) is 12.4 Å². The van der Waals surface area contributed by atoms with Gasteiger partial charge in [-0.2, -0.15) is 11.8 Å². The number of thioether (sulfide) groups is 1. The van der Waals surface area contributed by atoms with Gasteiger partial charge in [-0.25, -0.2) is 0 Å². The van der Waals surface area contributed by atoms with Crippen LogP contribution in [0.15, 0.2) is 91.0 Å². The first-order chi connectivity index (χ1) is 39.8. The van der Waals surface area contributed by atoms with Crippen LogP contribution in [0.1, 0.15) is 132 Å². The van der Waals surface area contributed by atoms with E-state index in [4.69, 9.17) is 26.8 Å². The zero-order valence-electron chi connectivity index (χ0n) is 47.7. The molecule has 4 atom stereocenters. The Hall–Kier alpha value is -6.61. The van der Waals surface area contributed by atoms with Crippen molar-refractivity contribution in [3.05, 3.63) is 141 Å². The smallest absolute Gasteiger partial charge is 0.425 e. The summed E-state index contributed by atoms with van der Waals surface area (Å²) in [5.41, 5.74) is 10.7. The van der Waals surface area contributed by atoms with Crippen molar-refractivity contribution < 1.29 is 55.6 Å². The zero-order valence-corrected chi connectivity index (χ0v) is 50.9. The second-order valence-corrected chi connectivity index (χ2v) is 27.1. The molecular formula is C63H70N4O12S4. The quantitative estimate of drug-likeness (QED) is 0.0389. The van der Waals surface area contributed by atoms with E-state index in [2.05, 4.69) is 38.2 Å². The van der Waals surface area contributed by atoms with Gasteiger partial charge >= 0.3 is 10.6 Å². The van der Waals surface area contributed by atoms with Crippen molar-refractivity contribution in [1.82, 2.24) is 4.90 Å². The maximum absolute atomic E-state index is 14.3. The highest BCUT2D eigenvalue weighted by Crippen LogP contribution is 2.44. The van der Waals surface area contributed by atoms with Crippen LogP contribution in [0.25, 0.3) is 0 Å². The molecule has 5 aromatic carbocycles. The van der Waals surface area contributed by atoms with Crippen molar-refractivity contribution >= 4 is 96.3 Å². The fourth-order valence-electron chi connectivity index (χ4n) is 11.9. The predicted molar refractivity (Wildman–Crippen MR) is 326 cm³/mol. The number of nitrogens with zero attached hydrogens (tertiary/aromatic N) is 3. The molecule has 5 heterocycles. The van der Waals surface area contributed by atoms with Gasteiger partial charge < -0.3 is 29.3 Å². The molecule has 20 heteroatoms. The number of methoxy groups -OCH3 is 1. The van der Waals surface area contributed by atoms with E-state index >= 15 is 0 Å². The third-order valence-corrected chi connectivity index (χ3v) is 20.5. The number of imide groups is 1. The number of likely N-dealkylation sites (tertiary alicyclic amines) is 1. The van der Waals surface area contributed by atoms with E-state index in [-0.39, 0.29) is 89.4 Å². The maximum atomic E-state index is 14.3. The fraction of sp³-hybridized carbons (Fsp3) is 0.429. The third kappa shape index (κ3) is 14.5. The molecule has 0 spiro atoms. The number of ether oxygens (including phenoxy) is 3. The number of amides is 5. The van der Waals surface area contributed by atoms with Crippen molar-refractivity contribution in [2.45, 2.75) is 140 Å². The molecule has 5 amide bonds. The van der Waals surface area contributed by atoms with Gasteiger partial charge in [0.2, 0.25) is 17.7 Å². The van der Waals surface area contributed by atoms with E-state index in [0.717, 1.165) is 77.0 Å². The van der Waals surface area contributed by atoms with Crippen LogP contribution in [0.2, 0.25) is 0 Å². The molecule has 1 N–H and O–H groups in total. The number of nitrogens with one attached hydrogen (secondary N) is 1. The lowest BCUT2D eigenvalue weighted by Gasteiger charge is -2.27. The summed E-state index contributed by atoms with van der Waals surface area (Å²) in [6.45, 7) is 9.06. The van der Waals surface area contributed by atoms with Crippen molar-refractivity contribution in [2.24, 2.45) is 5.92 Å². The lowest BCUT2D eigenvalue weighted by atomic mass is 9.91. The van der Waals surface area contributed by atoms with E-state index in [1.54, 1.807) is 28.7 Å². The molecule has 0 aliphatic carbocycles. The standard InChI is InChI=1S/C63H70N4O9S3.O3S/c1-38-25-45-33-56(55(74-5)34-50(45)61(72)67-52-18-10-8-14-44(52)31-53(38)67)76-37-41-27-40(36-75-54-32-42-19-20-47-30-43-13-7-9-17-51(43)66(47)60(71)49(42)26-39(54)2)28-46(29-41)64-58(69)21-22-63(3,4)79-78-24-12-16-48(68)15-11-23-65-59(70)35-57(77-6)62(65)73;1-4(2)3/h7-10,13-14,17-18,26-29,32-34,38,47,53,57H,11-12,15-16,19-25,30-31,35-37H2,1-6H3,(H,64,69);/t38?,47-,53+,57?;/m1./s1. The Bertz CT molecular complexity index is 3440. The highest BCUT2D eigenvalue weighted by molar-refractivity contribution is 8.77. The molecule has 0 saturated carbocycles. The van der Waals surface area contributed by atoms with Crippen molar-refractivity contribution in [3.8, 4) is 17.2 Å². The number of hydrogen-bond donors (Lipinski definition) is 1. The molecule has 5 aliphatic heterocycles. The molecule has 1 fully saturated rings. The van der Waals surface area contributed by atoms with Crippen molar-refractivity contribution in [3.63, 3.8) is 0 Å². The zero-order chi connectivity index (χ0) is 59.1. The van der Waals surface area contributed by atoms with Gasteiger partial charge in [-0.3, -0.25) is 33.7 Å². The van der Waals surface area contributed by atoms with E-state index < -0.39 is 10.6 Å². The van der Waals surface area contributed by atoms with Gasteiger partial charge in [0.15, 0.2) is 11.5 Å². The SMILES string of the molecule is COc1cc2c(cc1OCc1cc(COc3cc4c(cc3C)C(=O)N3c5ccccc5C[C@H]3CC4)cc(NC(=O)CCC(C)(C)SSCCCC(=O)CCCN3C(=O)CC(SC)C3=O)c1)CC(C)[C@@H]1Cc3ccccc3N1C2=O.O=S(=O)=O. The summed E-state index contributed by atoms with van der Waals surface area (Å²) < 4.78 is 44.2. The molecule has 0 bridgehead atoms. The summed E-state index contributed by atoms with van der Waals surface area (Å²) in [6, 6.07) is 30.1. The van der Waals surface area contributed by atoms with Crippen LogP contribution in [0.5, 0.6) is 17.2 Å². The van der Waals surface area contributed by atoms with Crippen LogP contribution in [0.3, 0.4) is 0 Å². The minimum atomic E-state index is -3.11. The number of benzene rings is 5. The first-order valence-electron chi connectivity index (χ1n) is 28.1. The van der Waals surface area contributed by atoms with Gasteiger partial charge in [-0.15, -0.1) is 12.6 Å². The number of anilines is 3.